The van der Waals surface area contributed by atoms with Gasteiger partial charge in [0.25, 0.3) is 0 Å². The molecule has 1 atom stereocenters. The van der Waals surface area contributed by atoms with Gasteiger partial charge in [-0.3, -0.25) is 4.79 Å². The molecule has 1 amide bonds. The summed E-state index contributed by atoms with van der Waals surface area (Å²) < 4.78 is 30.1. The van der Waals surface area contributed by atoms with Crippen LogP contribution in [0.3, 0.4) is 0 Å². The zero-order valence-electron chi connectivity index (χ0n) is 11.9. The summed E-state index contributed by atoms with van der Waals surface area (Å²) in [5.41, 5.74) is 0. The van der Waals surface area contributed by atoms with Crippen LogP contribution in [0.5, 0.6) is 5.75 Å². The molecule has 0 heterocycles. The van der Waals surface area contributed by atoms with Crippen LogP contribution in [0.25, 0.3) is 0 Å². The van der Waals surface area contributed by atoms with E-state index in [2.05, 4.69) is 10.0 Å². The van der Waals surface area contributed by atoms with E-state index in [1.807, 2.05) is 0 Å². The summed E-state index contributed by atoms with van der Waals surface area (Å²) in [5, 5.41) is 3.21. The van der Waals surface area contributed by atoms with Crippen molar-refractivity contribution in [3.63, 3.8) is 0 Å². The first-order chi connectivity index (χ1) is 9.82. The summed E-state index contributed by atoms with van der Waals surface area (Å²) in [4.78, 5) is 11.5. The predicted octanol–water partition coefficient (Wildman–Crippen LogP) is 1.16. The van der Waals surface area contributed by atoms with Crippen molar-refractivity contribution in [2.75, 3.05) is 18.8 Å². The second-order valence-corrected chi connectivity index (χ2v) is 6.94. The average Bonchev–Trinajstić information content (AvgIpc) is 2.45. The fraction of sp³-hybridized carbons (Fsp3) is 0.462. The number of hydrogen-bond donors (Lipinski definition) is 2. The zero-order valence-corrected chi connectivity index (χ0v) is 13.5. The Morgan fingerprint density at radius 2 is 1.95 bits per heavy atom. The van der Waals surface area contributed by atoms with Crippen molar-refractivity contribution in [3.05, 3.63) is 29.3 Å². The molecule has 0 bridgehead atoms. The number of nitrogens with one attached hydrogen (secondary N) is 2. The van der Waals surface area contributed by atoms with Gasteiger partial charge in [0.05, 0.1) is 18.8 Å². The van der Waals surface area contributed by atoms with E-state index in [9.17, 15) is 13.2 Å². The number of amides is 1. The van der Waals surface area contributed by atoms with Gasteiger partial charge in [-0.15, -0.1) is 0 Å². The van der Waals surface area contributed by atoms with Crippen molar-refractivity contribution in [1.82, 2.24) is 10.0 Å². The van der Waals surface area contributed by atoms with E-state index in [1.54, 1.807) is 31.2 Å². The van der Waals surface area contributed by atoms with Crippen molar-refractivity contribution < 1.29 is 17.9 Å². The fourth-order valence-corrected chi connectivity index (χ4v) is 2.07. The lowest BCUT2D eigenvalue weighted by atomic mass is 10.3. The Balaban J connectivity index is 2.31. The monoisotopic (exact) mass is 334 g/mol. The Morgan fingerprint density at radius 1 is 1.33 bits per heavy atom. The third-order valence-corrected chi connectivity index (χ3v) is 4.17. The van der Waals surface area contributed by atoms with E-state index >= 15 is 0 Å². The van der Waals surface area contributed by atoms with E-state index in [4.69, 9.17) is 16.3 Å². The smallest absolute Gasteiger partial charge is 0.235 e. The second kappa shape index (κ2) is 8.21. The first kappa shape index (κ1) is 17.7. The highest BCUT2D eigenvalue weighted by molar-refractivity contribution is 7.89. The number of sulfonamides is 1. The third-order valence-electron chi connectivity index (χ3n) is 2.57. The molecule has 1 unspecified atom stereocenters. The molecule has 1 rings (SSSR count). The lowest BCUT2D eigenvalue weighted by Crippen LogP contribution is -2.40. The van der Waals surface area contributed by atoms with Gasteiger partial charge in [0.1, 0.15) is 11.9 Å². The third kappa shape index (κ3) is 7.31. The van der Waals surface area contributed by atoms with E-state index in [0.29, 0.717) is 10.8 Å². The molecule has 8 heteroatoms. The van der Waals surface area contributed by atoms with Crippen molar-refractivity contribution in [2.45, 2.75) is 20.0 Å². The number of rotatable bonds is 8. The summed E-state index contributed by atoms with van der Waals surface area (Å²) in [6.07, 6.45) is -0.252. The number of carbonyl (C=O) groups is 1. The quantitative estimate of drug-likeness (QED) is 0.747. The topological polar surface area (TPSA) is 84.5 Å². The summed E-state index contributed by atoms with van der Waals surface area (Å²) in [5.74, 6) is 0.183. The summed E-state index contributed by atoms with van der Waals surface area (Å²) in [7, 11) is -3.36. The molecule has 2 N–H and O–H groups in total. The summed E-state index contributed by atoms with van der Waals surface area (Å²) >= 11 is 5.77. The molecule has 0 aliphatic rings. The van der Waals surface area contributed by atoms with Crippen molar-refractivity contribution in [1.29, 1.82) is 0 Å². The van der Waals surface area contributed by atoms with Crippen LogP contribution in [-0.4, -0.2) is 39.3 Å². The van der Waals surface area contributed by atoms with Gasteiger partial charge in [-0.2, -0.15) is 0 Å². The van der Waals surface area contributed by atoms with Crippen molar-refractivity contribution in [2.24, 2.45) is 0 Å². The van der Waals surface area contributed by atoms with Gasteiger partial charge in [-0.05, 0) is 38.1 Å². The highest BCUT2D eigenvalue weighted by atomic mass is 35.5. The van der Waals surface area contributed by atoms with Gasteiger partial charge >= 0.3 is 0 Å². The molecule has 118 valence electrons. The van der Waals surface area contributed by atoms with Crippen molar-refractivity contribution >= 4 is 27.5 Å². The van der Waals surface area contributed by atoms with Crippen LogP contribution >= 0.6 is 11.6 Å². The van der Waals surface area contributed by atoms with Crippen LogP contribution in [0.4, 0.5) is 0 Å². The Labute approximate surface area is 129 Å². The maximum absolute atomic E-state index is 11.5. The van der Waals surface area contributed by atoms with E-state index in [-0.39, 0.29) is 24.9 Å². The minimum atomic E-state index is -3.36. The maximum atomic E-state index is 11.5. The van der Waals surface area contributed by atoms with E-state index in [0.717, 1.165) is 0 Å². The number of carbonyl (C=O) groups excluding carboxylic acids is 1. The Morgan fingerprint density at radius 3 is 2.52 bits per heavy atom. The highest BCUT2D eigenvalue weighted by Gasteiger charge is 2.11. The normalized spacial score (nSPS) is 12.7. The fourth-order valence-electron chi connectivity index (χ4n) is 1.38. The molecule has 6 nitrogen and oxygen atoms in total. The van der Waals surface area contributed by atoms with Crippen LogP contribution in [0, 0.1) is 0 Å². The van der Waals surface area contributed by atoms with E-state index in [1.165, 1.54) is 6.92 Å². The van der Waals surface area contributed by atoms with Crippen LogP contribution in [0.2, 0.25) is 5.02 Å². The van der Waals surface area contributed by atoms with Gasteiger partial charge in [-0.25, -0.2) is 13.1 Å². The molecular formula is C13H19ClN2O4S. The van der Waals surface area contributed by atoms with Crippen LogP contribution in [-0.2, 0) is 14.8 Å². The van der Waals surface area contributed by atoms with Gasteiger partial charge < -0.3 is 10.1 Å². The first-order valence-electron chi connectivity index (χ1n) is 6.48. The molecule has 21 heavy (non-hydrogen) atoms. The molecule has 0 aromatic heterocycles. The number of halogens is 1. The molecule has 0 saturated carbocycles. The first-order valence-corrected chi connectivity index (χ1v) is 8.51. The number of ether oxygens (including phenoxy) is 1. The number of hydrogen-bond acceptors (Lipinski definition) is 4. The van der Waals surface area contributed by atoms with Gasteiger partial charge in [0.15, 0.2) is 0 Å². The van der Waals surface area contributed by atoms with Crippen molar-refractivity contribution in [3.8, 4) is 5.75 Å². The van der Waals surface area contributed by atoms with Gasteiger partial charge in [0, 0.05) is 5.02 Å². The highest BCUT2D eigenvalue weighted by Crippen LogP contribution is 2.16. The molecule has 0 aliphatic carbocycles. The maximum Gasteiger partial charge on any atom is 0.235 e. The standard InChI is InChI=1S/C13H19ClN2O4S/c1-3-21(18,19)16-9-13(17)15-8-10(2)20-12-6-4-11(14)5-7-12/h4-7,10,16H,3,8-9H2,1-2H3,(H,15,17). The Hall–Kier alpha value is -1.31. The molecular weight excluding hydrogens is 316 g/mol. The molecule has 0 fully saturated rings. The van der Waals surface area contributed by atoms with Crippen LogP contribution in [0.15, 0.2) is 24.3 Å². The SMILES string of the molecule is CCS(=O)(=O)NCC(=O)NCC(C)Oc1ccc(Cl)cc1. The molecule has 1 aromatic carbocycles. The minimum Gasteiger partial charge on any atom is -0.489 e. The lowest BCUT2D eigenvalue weighted by Gasteiger charge is -2.15. The van der Waals surface area contributed by atoms with Crippen LogP contribution in [0.1, 0.15) is 13.8 Å². The van der Waals surface area contributed by atoms with Gasteiger partial charge in [0.2, 0.25) is 15.9 Å². The molecule has 0 aliphatic heterocycles. The molecule has 0 spiro atoms. The summed E-state index contributed by atoms with van der Waals surface area (Å²) in [6.45, 7) is 3.30. The molecule has 0 saturated heterocycles. The largest absolute Gasteiger partial charge is 0.489 e. The predicted molar refractivity (Wildman–Crippen MR) is 82.0 cm³/mol. The number of benzene rings is 1. The Bertz CT molecular complexity index is 560. The summed E-state index contributed by atoms with van der Waals surface area (Å²) in [6, 6.07) is 6.88. The second-order valence-electron chi connectivity index (χ2n) is 4.41. The van der Waals surface area contributed by atoms with Gasteiger partial charge in [-0.1, -0.05) is 11.6 Å². The average molecular weight is 335 g/mol. The van der Waals surface area contributed by atoms with E-state index < -0.39 is 15.9 Å². The van der Waals surface area contributed by atoms with Crippen LogP contribution < -0.4 is 14.8 Å². The minimum absolute atomic E-state index is 0.0592. The molecule has 1 aromatic rings. The molecule has 0 radical (unpaired) electrons. The lowest BCUT2D eigenvalue weighted by molar-refractivity contribution is -0.120. The zero-order chi connectivity index (χ0) is 15.9. The Kier molecular flexibility index (Phi) is 6.94.